The maximum Gasteiger partial charge on any atom is 0.272 e. The quantitative estimate of drug-likeness (QED) is 0.728. The van der Waals surface area contributed by atoms with Gasteiger partial charge in [0.05, 0.1) is 11.3 Å². The fourth-order valence-corrected chi connectivity index (χ4v) is 2.51. The number of likely N-dealkylation sites (N-methyl/N-ethyl adjacent to an activating group) is 1. The first-order chi connectivity index (χ1) is 13.2. The summed E-state index contributed by atoms with van der Waals surface area (Å²) in [4.78, 5) is 26.5. The zero-order chi connectivity index (χ0) is 19.1. The Kier molecular flexibility index (Phi) is 5.70. The van der Waals surface area contributed by atoms with Crippen LogP contribution in [-0.2, 0) is 6.42 Å². The molecule has 0 atom stereocenters. The Morgan fingerprint density at radius 1 is 1.19 bits per heavy atom. The van der Waals surface area contributed by atoms with Gasteiger partial charge in [-0.25, -0.2) is 9.97 Å². The summed E-state index contributed by atoms with van der Waals surface area (Å²) in [6.45, 7) is 0.562. The second kappa shape index (κ2) is 8.54. The molecule has 1 N–H and O–H groups in total. The van der Waals surface area contributed by atoms with Crippen LogP contribution in [0.15, 0.2) is 61.2 Å². The summed E-state index contributed by atoms with van der Waals surface area (Å²) in [5.74, 6) is 0.265. The van der Waals surface area contributed by atoms with Gasteiger partial charge in [0.1, 0.15) is 23.9 Å². The summed E-state index contributed by atoms with van der Waals surface area (Å²) in [5.41, 5.74) is 2.53. The molecular formula is C20H18N6O. The summed E-state index contributed by atoms with van der Waals surface area (Å²) < 4.78 is 0. The molecule has 0 fully saturated rings. The molecule has 0 radical (unpaired) electrons. The first-order valence-corrected chi connectivity index (χ1v) is 8.40. The molecule has 0 bridgehead atoms. The summed E-state index contributed by atoms with van der Waals surface area (Å²) in [6.07, 6.45) is 5.54. The number of para-hydroxylation sites is 1. The normalized spacial score (nSPS) is 10.1. The number of rotatable bonds is 6. The van der Waals surface area contributed by atoms with Crippen molar-refractivity contribution in [1.82, 2.24) is 19.9 Å². The number of aromatic nitrogens is 3. The van der Waals surface area contributed by atoms with E-state index in [1.54, 1.807) is 48.6 Å². The molecule has 134 valence electrons. The highest BCUT2D eigenvalue weighted by molar-refractivity contribution is 5.92. The summed E-state index contributed by atoms with van der Waals surface area (Å²) in [6, 6.07) is 14.7. The summed E-state index contributed by atoms with van der Waals surface area (Å²) in [5, 5.41) is 12.2. The molecule has 3 aromatic rings. The third-order valence-electron chi connectivity index (χ3n) is 4.03. The lowest BCUT2D eigenvalue weighted by molar-refractivity contribution is 0.0790. The Bertz CT molecular complexity index is 967. The topological polar surface area (TPSA) is 94.8 Å². The second-order valence-electron chi connectivity index (χ2n) is 5.90. The van der Waals surface area contributed by atoms with Crippen LogP contribution < -0.4 is 5.32 Å². The van der Waals surface area contributed by atoms with Crippen LogP contribution in [0, 0.1) is 11.3 Å². The Hall–Kier alpha value is -3.79. The fourth-order valence-electron chi connectivity index (χ4n) is 2.51. The maximum absolute atomic E-state index is 12.6. The molecule has 27 heavy (non-hydrogen) atoms. The van der Waals surface area contributed by atoms with Crippen LogP contribution >= 0.6 is 0 Å². The van der Waals surface area contributed by atoms with Crippen molar-refractivity contribution in [3.63, 3.8) is 0 Å². The number of amides is 1. The van der Waals surface area contributed by atoms with Crippen molar-refractivity contribution in [1.29, 1.82) is 5.26 Å². The predicted octanol–water partition coefficient (Wildman–Crippen LogP) is 2.80. The number of nitriles is 1. The Morgan fingerprint density at radius 2 is 1.96 bits per heavy atom. The van der Waals surface area contributed by atoms with Gasteiger partial charge < -0.3 is 10.2 Å². The zero-order valence-corrected chi connectivity index (χ0v) is 14.8. The van der Waals surface area contributed by atoms with Crippen LogP contribution in [0.3, 0.4) is 0 Å². The lowest BCUT2D eigenvalue weighted by Gasteiger charge is -2.17. The first kappa shape index (κ1) is 18.0. The molecule has 7 nitrogen and oxygen atoms in total. The number of carbonyl (C=O) groups excluding carboxylic acids is 1. The third kappa shape index (κ3) is 4.64. The maximum atomic E-state index is 12.6. The molecule has 2 heterocycles. The van der Waals surface area contributed by atoms with Gasteiger partial charge in [-0.3, -0.25) is 9.78 Å². The van der Waals surface area contributed by atoms with Gasteiger partial charge in [-0.05, 0) is 36.2 Å². The van der Waals surface area contributed by atoms with Crippen molar-refractivity contribution in [3.8, 4) is 6.07 Å². The van der Waals surface area contributed by atoms with Gasteiger partial charge in [0.15, 0.2) is 0 Å². The van der Waals surface area contributed by atoms with E-state index >= 15 is 0 Å². The second-order valence-corrected chi connectivity index (χ2v) is 5.90. The number of carbonyl (C=O) groups is 1. The van der Waals surface area contributed by atoms with Crippen LogP contribution in [0.5, 0.6) is 0 Å². The molecule has 0 aliphatic rings. The smallest absolute Gasteiger partial charge is 0.272 e. The number of hydrogen-bond acceptors (Lipinski definition) is 6. The minimum atomic E-state index is -0.192. The number of anilines is 2. The number of nitrogens with zero attached hydrogens (tertiary/aromatic N) is 5. The molecule has 0 aliphatic heterocycles. The van der Waals surface area contributed by atoms with E-state index in [2.05, 4.69) is 26.3 Å². The van der Waals surface area contributed by atoms with E-state index in [-0.39, 0.29) is 5.91 Å². The van der Waals surface area contributed by atoms with Crippen molar-refractivity contribution in [2.24, 2.45) is 0 Å². The van der Waals surface area contributed by atoms with Crippen molar-refractivity contribution >= 4 is 17.4 Å². The van der Waals surface area contributed by atoms with Crippen molar-refractivity contribution in [2.45, 2.75) is 6.42 Å². The summed E-state index contributed by atoms with van der Waals surface area (Å²) >= 11 is 0. The molecule has 2 aromatic heterocycles. The molecule has 1 amide bonds. The van der Waals surface area contributed by atoms with E-state index < -0.39 is 0 Å². The molecule has 0 unspecified atom stereocenters. The average molecular weight is 358 g/mol. The largest absolute Gasteiger partial charge is 0.340 e. The number of hydrogen-bond donors (Lipinski definition) is 1. The number of nitrogens with one attached hydrogen (secondary N) is 1. The zero-order valence-electron chi connectivity index (χ0n) is 14.8. The number of benzene rings is 1. The van der Waals surface area contributed by atoms with Gasteiger partial charge in [-0.2, -0.15) is 5.26 Å². The van der Waals surface area contributed by atoms with Crippen LogP contribution in [-0.4, -0.2) is 39.4 Å². The molecular weight excluding hydrogens is 340 g/mol. The van der Waals surface area contributed by atoms with Gasteiger partial charge >= 0.3 is 0 Å². The molecule has 1 aromatic carbocycles. The Balaban J connectivity index is 1.69. The van der Waals surface area contributed by atoms with Crippen LogP contribution in [0.4, 0.5) is 11.5 Å². The highest BCUT2D eigenvalue weighted by Gasteiger charge is 2.14. The highest BCUT2D eigenvalue weighted by atomic mass is 16.2. The van der Waals surface area contributed by atoms with Gasteiger partial charge in [0.2, 0.25) is 0 Å². The van der Waals surface area contributed by atoms with Crippen LogP contribution in [0.2, 0.25) is 0 Å². The van der Waals surface area contributed by atoms with Crippen LogP contribution in [0.25, 0.3) is 0 Å². The number of pyridine rings is 1. The lowest BCUT2D eigenvalue weighted by Crippen LogP contribution is -2.29. The van der Waals surface area contributed by atoms with E-state index in [0.29, 0.717) is 29.3 Å². The van der Waals surface area contributed by atoms with Gasteiger partial charge in [-0.15, -0.1) is 0 Å². The monoisotopic (exact) mass is 358 g/mol. The SMILES string of the molecule is CN(CCc1ccncc1)C(=O)c1cc(Nc2ccccc2C#N)ncn1. The molecule has 0 saturated heterocycles. The van der Waals surface area contributed by atoms with Crippen LogP contribution in [0.1, 0.15) is 21.6 Å². The molecule has 0 aliphatic carbocycles. The van der Waals surface area contributed by atoms with E-state index in [1.165, 1.54) is 6.33 Å². The van der Waals surface area contributed by atoms with E-state index in [0.717, 1.165) is 12.0 Å². The molecule has 0 saturated carbocycles. The highest BCUT2D eigenvalue weighted by Crippen LogP contribution is 2.19. The predicted molar refractivity (Wildman–Crippen MR) is 101 cm³/mol. The molecule has 0 spiro atoms. The molecule has 7 heteroatoms. The summed E-state index contributed by atoms with van der Waals surface area (Å²) in [7, 11) is 1.74. The third-order valence-corrected chi connectivity index (χ3v) is 4.03. The van der Waals surface area contributed by atoms with Crippen molar-refractivity contribution in [3.05, 3.63) is 78.0 Å². The Labute approximate surface area is 157 Å². The molecule has 3 rings (SSSR count). The van der Waals surface area contributed by atoms with Crippen molar-refractivity contribution in [2.75, 3.05) is 18.9 Å². The van der Waals surface area contributed by atoms with E-state index in [4.69, 9.17) is 0 Å². The minimum Gasteiger partial charge on any atom is -0.340 e. The first-order valence-electron chi connectivity index (χ1n) is 8.40. The van der Waals surface area contributed by atoms with Gasteiger partial charge in [-0.1, -0.05) is 12.1 Å². The minimum absolute atomic E-state index is 0.192. The standard InChI is InChI=1S/C20H18N6O/c1-26(11-8-15-6-9-22-10-7-15)20(27)18-12-19(24-14-23-18)25-17-5-3-2-4-16(17)13-21/h2-7,9-10,12,14H,8,11H2,1H3,(H,23,24,25). The Morgan fingerprint density at radius 3 is 2.74 bits per heavy atom. The van der Waals surface area contributed by atoms with Gasteiger partial charge in [0, 0.05) is 32.1 Å². The average Bonchev–Trinajstić information content (AvgIpc) is 2.73. The van der Waals surface area contributed by atoms with Gasteiger partial charge in [0.25, 0.3) is 5.91 Å². The fraction of sp³-hybridized carbons (Fsp3) is 0.150. The van der Waals surface area contributed by atoms with E-state index in [1.807, 2.05) is 18.2 Å². The van der Waals surface area contributed by atoms with Crippen molar-refractivity contribution < 1.29 is 4.79 Å². The lowest BCUT2D eigenvalue weighted by atomic mass is 10.2. The van der Waals surface area contributed by atoms with E-state index in [9.17, 15) is 10.1 Å².